The summed E-state index contributed by atoms with van der Waals surface area (Å²) >= 11 is 5.94. The number of anilines is 1. The standard InChI is InChI=1S/C20H18ClN3O2/c21-15-5-1-3-13(9-15)7-8-23-19(25)17-11-18(17)20(26)24-16-6-2-4-14(10-16)12-22/h1-6,9-10,17-18H,7-8,11H2,(H,23,25)(H,24,26). The zero-order chi connectivity index (χ0) is 18.5. The van der Waals surface area contributed by atoms with Crippen LogP contribution in [-0.4, -0.2) is 18.4 Å². The molecule has 0 radical (unpaired) electrons. The summed E-state index contributed by atoms with van der Waals surface area (Å²) < 4.78 is 0. The monoisotopic (exact) mass is 367 g/mol. The summed E-state index contributed by atoms with van der Waals surface area (Å²) in [6.45, 7) is 0.508. The molecule has 0 bridgehead atoms. The number of benzene rings is 2. The molecule has 1 aliphatic carbocycles. The zero-order valence-electron chi connectivity index (χ0n) is 14.0. The van der Waals surface area contributed by atoms with E-state index in [4.69, 9.17) is 16.9 Å². The van der Waals surface area contributed by atoms with Crippen LogP contribution in [0, 0.1) is 23.2 Å². The minimum Gasteiger partial charge on any atom is -0.356 e. The summed E-state index contributed by atoms with van der Waals surface area (Å²) in [5.74, 6) is -0.881. The molecule has 0 spiro atoms. The van der Waals surface area contributed by atoms with Gasteiger partial charge in [-0.05, 0) is 48.7 Å². The van der Waals surface area contributed by atoms with Crippen molar-refractivity contribution in [2.45, 2.75) is 12.8 Å². The summed E-state index contributed by atoms with van der Waals surface area (Å²) in [5.41, 5.74) is 2.11. The number of carbonyl (C=O) groups excluding carboxylic acids is 2. The molecule has 5 nitrogen and oxygen atoms in total. The fourth-order valence-corrected chi connectivity index (χ4v) is 3.04. The lowest BCUT2D eigenvalue weighted by atomic mass is 10.1. The number of nitriles is 1. The number of carbonyl (C=O) groups is 2. The van der Waals surface area contributed by atoms with Crippen LogP contribution >= 0.6 is 11.6 Å². The summed E-state index contributed by atoms with van der Waals surface area (Å²) in [5, 5.41) is 15.2. The lowest BCUT2D eigenvalue weighted by Gasteiger charge is -2.07. The molecule has 132 valence electrons. The maximum Gasteiger partial charge on any atom is 0.228 e. The van der Waals surface area contributed by atoms with Crippen molar-refractivity contribution < 1.29 is 9.59 Å². The largest absolute Gasteiger partial charge is 0.356 e. The predicted molar refractivity (Wildman–Crippen MR) is 99.5 cm³/mol. The minimum absolute atomic E-state index is 0.0991. The van der Waals surface area contributed by atoms with Crippen molar-refractivity contribution in [3.05, 3.63) is 64.7 Å². The van der Waals surface area contributed by atoms with Gasteiger partial charge in [-0.2, -0.15) is 5.26 Å². The van der Waals surface area contributed by atoms with Crippen LogP contribution in [0.3, 0.4) is 0 Å². The molecule has 1 fully saturated rings. The van der Waals surface area contributed by atoms with E-state index in [2.05, 4.69) is 10.6 Å². The number of hydrogen-bond acceptors (Lipinski definition) is 3. The van der Waals surface area contributed by atoms with Crippen LogP contribution in [0.2, 0.25) is 5.02 Å². The molecule has 2 aromatic rings. The van der Waals surface area contributed by atoms with Crippen molar-refractivity contribution >= 4 is 29.1 Å². The average Bonchev–Trinajstić information content (AvgIpc) is 3.43. The van der Waals surface area contributed by atoms with Crippen LogP contribution in [0.4, 0.5) is 5.69 Å². The Bertz CT molecular complexity index is 875. The van der Waals surface area contributed by atoms with Crippen LogP contribution < -0.4 is 10.6 Å². The third-order valence-electron chi connectivity index (χ3n) is 4.33. The van der Waals surface area contributed by atoms with Crippen LogP contribution in [0.25, 0.3) is 0 Å². The Hall–Kier alpha value is -2.84. The van der Waals surface area contributed by atoms with Crippen molar-refractivity contribution in [3.63, 3.8) is 0 Å². The third-order valence-corrected chi connectivity index (χ3v) is 4.56. The molecular weight excluding hydrogens is 350 g/mol. The Labute approximate surface area is 157 Å². The number of halogens is 1. The van der Waals surface area contributed by atoms with E-state index in [1.165, 1.54) is 0 Å². The van der Waals surface area contributed by atoms with Crippen LogP contribution in [-0.2, 0) is 16.0 Å². The molecule has 6 heteroatoms. The normalized spacial score (nSPS) is 17.8. The summed E-state index contributed by atoms with van der Waals surface area (Å²) in [6, 6.07) is 16.3. The quantitative estimate of drug-likeness (QED) is 0.822. The van der Waals surface area contributed by atoms with Crippen molar-refractivity contribution in [2.24, 2.45) is 11.8 Å². The maximum atomic E-state index is 12.2. The van der Waals surface area contributed by atoms with E-state index in [-0.39, 0.29) is 23.7 Å². The highest BCUT2D eigenvalue weighted by atomic mass is 35.5. The maximum absolute atomic E-state index is 12.2. The minimum atomic E-state index is -0.313. The first kappa shape index (κ1) is 18.0. The molecule has 2 N–H and O–H groups in total. The molecule has 2 atom stereocenters. The first-order chi connectivity index (χ1) is 12.6. The van der Waals surface area contributed by atoms with Gasteiger partial charge in [-0.25, -0.2) is 0 Å². The van der Waals surface area contributed by atoms with E-state index in [9.17, 15) is 9.59 Å². The topological polar surface area (TPSA) is 82.0 Å². The number of nitrogens with zero attached hydrogens (tertiary/aromatic N) is 1. The van der Waals surface area contributed by atoms with Gasteiger partial charge in [0.2, 0.25) is 11.8 Å². The van der Waals surface area contributed by atoms with Gasteiger partial charge in [-0.3, -0.25) is 9.59 Å². The van der Waals surface area contributed by atoms with Gasteiger partial charge < -0.3 is 10.6 Å². The van der Waals surface area contributed by atoms with Gasteiger partial charge in [-0.15, -0.1) is 0 Å². The number of amides is 2. The summed E-state index contributed by atoms with van der Waals surface area (Å²) in [7, 11) is 0. The van der Waals surface area contributed by atoms with Gasteiger partial charge in [0.1, 0.15) is 0 Å². The molecule has 26 heavy (non-hydrogen) atoms. The molecule has 0 heterocycles. The van der Waals surface area contributed by atoms with Gasteiger partial charge in [0.25, 0.3) is 0 Å². The molecule has 1 aliphatic rings. The fourth-order valence-electron chi connectivity index (χ4n) is 2.83. The molecule has 3 rings (SSSR count). The molecule has 0 saturated heterocycles. The van der Waals surface area contributed by atoms with E-state index in [1.54, 1.807) is 24.3 Å². The Balaban J connectivity index is 1.44. The number of hydrogen-bond donors (Lipinski definition) is 2. The van der Waals surface area contributed by atoms with Gasteiger partial charge >= 0.3 is 0 Å². The van der Waals surface area contributed by atoms with E-state index in [0.717, 1.165) is 5.56 Å². The van der Waals surface area contributed by atoms with Crippen molar-refractivity contribution in [1.29, 1.82) is 5.26 Å². The zero-order valence-corrected chi connectivity index (χ0v) is 14.8. The van der Waals surface area contributed by atoms with Gasteiger partial charge in [-0.1, -0.05) is 29.8 Å². The highest BCUT2D eigenvalue weighted by molar-refractivity contribution is 6.30. The van der Waals surface area contributed by atoms with E-state index in [1.807, 2.05) is 30.3 Å². The van der Waals surface area contributed by atoms with Crippen LogP contribution in [0.5, 0.6) is 0 Å². The molecule has 2 amide bonds. The molecule has 1 saturated carbocycles. The number of rotatable bonds is 6. The highest BCUT2D eigenvalue weighted by Gasteiger charge is 2.47. The smallest absolute Gasteiger partial charge is 0.228 e. The SMILES string of the molecule is N#Cc1cccc(NC(=O)C2CC2C(=O)NCCc2cccc(Cl)c2)c1. The van der Waals surface area contributed by atoms with E-state index in [0.29, 0.717) is 35.7 Å². The van der Waals surface area contributed by atoms with Crippen LogP contribution in [0.15, 0.2) is 48.5 Å². The van der Waals surface area contributed by atoms with Gasteiger partial charge in [0.15, 0.2) is 0 Å². The average molecular weight is 368 g/mol. The van der Waals surface area contributed by atoms with Gasteiger partial charge in [0.05, 0.1) is 23.5 Å². The Kier molecular flexibility index (Phi) is 5.55. The third kappa shape index (κ3) is 4.62. The molecule has 2 aromatic carbocycles. The van der Waals surface area contributed by atoms with E-state index >= 15 is 0 Å². The Morgan fingerprint density at radius 1 is 1.12 bits per heavy atom. The predicted octanol–water partition coefficient (Wildman–Crippen LogP) is 3.15. The lowest BCUT2D eigenvalue weighted by molar-refractivity contribution is -0.125. The van der Waals surface area contributed by atoms with E-state index < -0.39 is 0 Å². The number of nitrogens with one attached hydrogen (secondary N) is 2. The Morgan fingerprint density at radius 2 is 1.88 bits per heavy atom. The fraction of sp³-hybridized carbons (Fsp3) is 0.250. The van der Waals surface area contributed by atoms with Crippen molar-refractivity contribution in [2.75, 3.05) is 11.9 Å². The lowest BCUT2D eigenvalue weighted by Crippen LogP contribution is -2.29. The molecule has 0 aromatic heterocycles. The van der Waals surface area contributed by atoms with Crippen molar-refractivity contribution in [3.8, 4) is 6.07 Å². The molecule has 0 aliphatic heterocycles. The Morgan fingerprint density at radius 3 is 2.65 bits per heavy atom. The van der Waals surface area contributed by atoms with Crippen LogP contribution in [0.1, 0.15) is 17.5 Å². The molecule has 2 unspecified atom stereocenters. The first-order valence-corrected chi connectivity index (χ1v) is 8.78. The second kappa shape index (κ2) is 8.03. The summed E-state index contributed by atoms with van der Waals surface area (Å²) in [4.78, 5) is 24.4. The van der Waals surface area contributed by atoms with Crippen molar-refractivity contribution in [1.82, 2.24) is 5.32 Å². The first-order valence-electron chi connectivity index (χ1n) is 8.40. The van der Waals surface area contributed by atoms with Gasteiger partial charge in [0, 0.05) is 17.3 Å². The second-order valence-electron chi connectivity index (χ2n) is 6.30. The second-order valence-corrected chi connectivity index (χ2v) is 6.74. The highest BCUT2D eigenvalue weighted by Crippen LogP contribution is 2.39. The summed E-state index contributed by atoms with van der Waals surface area (Å²) in [6.07, 6.45) is 1.24. The molecular formula is C20H18ClN3O2.